The average molecular weight is 377 g/mol. The summed E-state index contributed by atoms with van der Waals surface area (Å²) < 4.78 is 26.9. The Morgan fingerprint density at radius 2 is 2.10 bits per heavy atom. The summed E-state index contributed by atoms with van der Waals surface area (Å²) in [4.78, 5) is 3.03. The van der Waals surface area contributed by atoms with Crippen molar-refractivity contribution in [3.8, 4) is 0 Å². The summed E-state index contributed by atoms with van der Waals surface area (Å²) in [6, 6.07) is 3.21. The Morgan fingerprint density at radius 1 is 1.29 bits per heavy atom. The van der Waals surface area contributed by atoms with Crippen molar-refractivity contribution >= 4 is 39.2 Å². The van der Waals surface area contributed by atoms with E-state index in [0.29, 0.717) is 29.1 Å². The van der Waals surface area contributed by atoms with Gasteiger partial charge in [0, 0.05) is 26.3 Å². The number of aryl methyl sites for hydroxylation is 1. The van der Waals surface area contributed by atoms with Gasteiger partial charge in [-0.2, -0.15) is 0 Å². The van der Waals surface area contributed by atoms with Gasteiger partial charge in [0.25, 0.3) is 0 Å². The summed E-state index contributed by atoms with van der Waals surface area (Å²) in [5.74, 6) is -0.294. The maximum absolute atomic E-state index is 13.5. The van der Waals surface area contributed by atoms with E-state index in [4.69, 9.17) is 21.7 Å². The molecule has 1 heterocycles. The number of nitrogens with zero attached hydrogens (tertiary/aromatic N) is 1. The number of halogens is 2. The molecule has 21 heavy (non-hydrogen) atoms. The maximum atomic E-state index is 13.5. The monoisotopic (exact) mass is 376 g/mol. The van der Waals surface area contributed by atoms with E-state index >= 15 is 0 Å². The van der Waals surface area contributed by atoms with Gasteiger partial charge in [0.2, 0.25) is 0 Å². The number of rotatable bonds is 8. The molecule has 4 nitrogen and oxygen atoms in total. The highest BCUT2D eigenvalue weighted by atomic mass is 79.9. The van der Waals surface area contributed by atoms with Crippen LogP contribution in [-0.2, 0) is 16.0 Å². The predicted octanol–water partition coefficient (Wildman–Crippen LogP) is 4.04. The lowest BCUT2D eigenvalue weighted by Gasteiger charge is -2.06. The Bertz CT molecular complexity index is 656. The molecule has 0 saturated carbocycles. The van der Waals surface area contributed by atoms with E-state index in [0.717, 1.165) is 30.4 Å². The standard InChI is InChI=1S/C14H18BrFN2O2S/c1-19-6-7-20-5-3-2-4-18-13-8-10(15)11(16)9-12(13)17-14(18)21/h8-9H,2-7H2,1H3,(H,17,21). The van der Waals surface area contributed by atoms with Crippen LogP contribution in [0.25, 0.3) is 11.0 Å². The Kier molecular flexibility index (Phi) is 6.35. The number of aromatic nitrogens is 2. The molecule has 7 heteroatoms. The van der Waals surface area contributed by atoms with Crippen molar-refractivity contribution in [3.05, 3.63) is 27.2 Å². The minimum absolute atomic E-state index is 0.294. The Hall–Kier alpha value is -0.760. The molecule has 1 N–H and O–H groups in total. The van der Waals surface area contributed by atoms with Crippen LogP contribution in [0.15, 0.2) is 16.6 Å². The van der Waals surface area contributed by atoms with E-state index in [2.05, 4.69) is 20.9 Å². The molecular formula is C14H18BrFN2O2S. The zero-order valence-corrected chi connectivity index (χ0v) is 14.2. The summed E-state index contributed by atoms with van der Waals surface area (Å²) in [5, 5.41) is 0. The second kappa shape index (κ2) is 8.03. The highest BCUT2D eigenvalue weighted by Crippen LogP contribution is 2.23. The predicted molar refractivity (Wildman–Crippen MR) is 86.7 cm³/mol. The van der Waals surface area contributed by atoms with E-state index in [-0.39, 0.29) is 5.82 Å². The first kappa shape index (κ1) is 16.6. The fraction of sp³-hybridized carbons (Fsp3) is 0.500. The van der Waals surface area contributed by atoms with Gasteiger partial charge in [0.05, 0.1) is 28.7 Å². The summed E-state index contributed by atoms with van der Waals surface area (Å²) in [6.07, 6.45) is 1.89. The summed E-state index contributed by atoms with van der Waals surface area (Å²) in [6.45, 7) is 2.73. The summed E-state index contributed by atoms with van der Waals surface area (Å²) in [7, 11) is 1.66. The number of imidazole rings is 1. The number of unbranched alkanes of at least 4 members (excludes halogenated alkanes) is 1. The highest BCUT2D eigenvalue weighted by molar-refractivity contribution is 9.10. The number of aromatic amines is 1. The second-order valence-corrected chi connectivity index (χ2v) is 5.92. The van der Waals surface area contributed by atoms with Crippen LogP contribution < -0.4 is 0 Å². The van der Waals surface area contributed by atoms with E-state index in [9.17, 15) is 4.39 Å². The molecular weight excluding hydrogens is 359 g/mol. The van der Waals surface area contributed by atoms with E-state index in [1.54, 1.807) is 13.2 Å². The van der Waals surface area contributed by atoms with Crippen molar-refractivity contribution in [2.45, 2.75) is 19.4 Å². The molecule has 0 amide bonds. The molecule has 0 saturated heterocycles. The Balaban J connectivity index is 1.94. The lowest BCUT2D eigenvalue weighted by atomic mass is 10.3. The van der Waals surface area contributed by atoms with Gasteiger partial charge >= 0.3 is 0 Å². The highest BCUT2D eigenvalue weighted by Gasteiger charge is 2.08. The van der Waals surface area contributed by atoms with Gasteiger partial charge in [-0.3, -0.25) is 0 Å². The van der Waals surface area contributed by atoms with Crippen LogP contribution in [0.3, 0.4) is 0 Å². The van der Waals surface area contributed by atoms with Crippen LogP contribution in [0.2, 0.25) is 0 Å². The molecule has 116 valence electrons. The topological polar surface area (TPSA) is 39.2 Å². The van der Waals surface area contributed by atoms with Gasteiger partial charge in [-0.1, -0.05) is 0 Å². The number of methoxy groups -OCH3 is 1. The van der Waals surface area contributed by atoms with Crippen LogP contribution in [0, 0.1) is 10.6 Å². The maximum Gasteiger partial charge on any atom is 0.178 e. The molecule has 0 fully saturated rings. The number of ether oxygens (including phenoxy) is 2. The van der Waals surface area contributed by atoms with E-state index in [1.165, 1.54) is 6.07 Å². The van der Waals surface area contributed by atoms with Gasteiger partial charge < -0.3 is 19.0 Å². The first-order chi connectivity index (χ1) is 10.1. The zero-order chi connectivity index (χ0) is 15.2. The number of hydrogen-bond acceptors (Lipinski definition) is 3. The quantitative estimate of drug-likeness (QED) is 0.558. The lowest BCUT2D eigenvalue weighted by Crippen LogP contribution is -2.04. The van der Waals surface area contributed by atoms with Crippen LogP contribution in [0.1, 0.15) is 12.8 Å². The van der Waals surface area contributed by atoms with Gasteiger partial charge in [-0.25, -0.2) is 4.39 Å². The molecule has 0 unspecified atom stereocenters. The fourth-order valence-electron chi connectivity index (χ4n) is 2.09. The van der Waals surface area contributed by atoms with Crippen LogP contribution >= 0.6 is 28.1 Å². The van der Waals surface area contributed by atoms with Crippen molar-refractivity contribution in [2.24, 2.45) is 0 Å². The van der Waals surface area contributed by atoms with Gasteiger partial charge in [0.1, 0.15) is 5.82 Å². The van der Waals surface area contributed by atoms with Crippen molar-refractivity contribution < 1.29 is 13.9 Å². The molecule has 0 bridgehead atoms. The van der Waals surface area contributed by atoms with Crippen molar-refractivity contribution in [1.29, 1.82) is 0 Å². The molecule has 2 rings (SSSR count). The van der Waals surface area contributed by atoms with Crippen LogP contribution in [0.4, 0.5) is 4.39 Å². The van der Waals surface area contributed by atoms with Crippen molar-refractivity contribution in [3.63, 3.8) is 0 Å². The molecule has 0 aliphatic carbocycles. The van der Waals surface area contributed by atoms with Gasteiger partial charge in [-0.05, 0) is 47.1 Å². The summed E-state index contributed by atoms with van der Waals surface area (Å²) in [5.41, 5.74) is 1.63. The third kappa shape index (κ3) is 4.35. The SMILES string of the molecule is COCCOCCCCn1c(=S)[nH]c2cc(F)c(Br)cc21. The Labute approximate surface area is 136 Å². The minimum atomic E-state index is -0.294. The first-order valence-corrected chi connectivity index (χ1v) is 7.98. The molecule has 1 aromatic carbocycles. The smallest absolute Gasteiger partial charge is 0.178 e. The molecule has 2 aromatic rings. The number of H-pyrrole nitrogens is 1. The molecule has 0 aliphatic rings. The normalized spacial score (nSPS) is 11.4. The van der Waals surface area contributed by atoms with Crippen LogP contribution in [-0.4, -0.2) is 36.5 Å². The van der Waals surface area contributed by atoms with Crippen LogP contribution in [0.5, 0.6) is 0 Å². The first-order valence-electron chi connectivity index (χ1n) is 6.77. The molecule has 0 spiro atoms. The molecule has 0 aliphatic heterocycles. The largest absolute Gasteiger partial charge is 0.382 e. The second-order valence-electron chi connectivity index (χ2n) is 4.68. The number of benzene rings is 1. The third-order valence-electron chi connectivity index (χ3n) is 3.17. The van der Waals surface area contributed by atoms with Crippen molar-refractivity contribution in [2.75, 3.05) is 26.9 Å². The Morgan fingerprint density at radius 3 is 2.86 bits per heavy atom. The lowest BCUT2D eigenvalue weighted by molar-refractivity contribution is 0.0684. The number of hydrogen-bond donors (Lipinski definition) is 1. The van der Waals surface area contributed by atoms with E-state index < -0.39 is 0 Å². The van der Waals surface area contributed by atoms with Gasteiger partial charge in [-0.15, -0.1) is 0 Å². The number of fused-ring (bicyclic) bond motifs is 1. The average Bonchev–Trinajstić information content (AvgIpc) is 2.74. The fourth-order valence-corrected chi connectivity index (χ4v) is 2.72. The molecule has 1 aromatic heterocycles. The van der Waals surface area contributed by atoms with E-state index in [1.807, 2.05) is 4.57 Å². The van der Waals surface area contributed by atoms with Crippen molar-refractivity contribution in [1.82, 2.24) is 9.55 Å². The molecule has 0 atom stereocenters. The zero-order valence-electron chi connectivity index (χ0n) is 11.8. The van der Waals surface area contributed by atoms with Gasteiger partial charge in [0.15, 0.2) is 4.77 Å². The minimum Gasteiger partial charge on any atom is -0.382 e. The third-order valence-corrected chi connectivity index (χ3v) is 4.10. The summed E-state index contributed by atoms with van der Waals surface area (Å²) >= 11 is 8.51. The molecule has 0 radical (unpaired) electrons. The number of nitrogens with one attached hydrogen (secondary N) is 1.